The lowest BCUT2D eigenvalue weighted by Gasteiger charge is -2.27. The number of nitrogens with zero attached hydrogens (tertiary/aromatic N) is 1. The molecule has 0 aliphatic heterocycles. The van der Waals surface area contributed by atoms with Crippen molar-refractivity contribution in [3.8, 4) is 0 Å². The fourth-order valence-corrected chi connectivity index (χ4v) is 2.53. The lowest BCUT2D eigenvalue weighted by Crippen LogP contribution is -2.12. The molecule has 0 aromatic carbocycles. The van der Waals surface area contributed by atoms with Gasteiger partial charge in [-0.05, 0) is 36.3 Å². The first-order valence-corrected chi connectivity index (χ1v) is 7.90. The number of halogens is 2. The van der Waals surface area contributed by atoms with E-state index in [0.29, 0.717) is 0 Å². The largest absolute Gasteiger partial charge is 0.264 e. The third kappa shape index (κ3) is 5.56. The second-order valence-electron chi connectivity index (χ2n) is 4.76. The first-order chi connectivity index (χ1) is 9.68. The smallest absolute Gasteiger partial charge is 0.264 e. The minimum Gasteiger partial charge on any atom is -0.264 e. The normalized spacial score (nSPS) is 21.4. The summed E-state index contributed by atoms with van der Waals surface area (Å²) >= 11 is 0. The molecule has 0 saturated heterocycles. The van der Waals surface area contributed by atoms with Gasteiger partial charge in [-0.25, -0.2) is 8.78 Å². The molecular formula is C17H29F2N. The summed E-state index contributed by atoms with van der Waals surface area (Å²) in [4.78, 5) is 3.99. The van der Waals surface area contributed by atoms with Gasteiger partial charge in [0.1, 0.15) is 0 Å². The second kappa shape index (κ2) is 10.8. The van der Waals surface area contributed by atoms with Gasteiger partial charge >= 0.3 is 0 Å². The van der Waals surface area contributed by atoms with E-state index < -0.39 is 6.43 Å². The van der Waals surface area contributed by atoms with Crippen molar-refractivity contribution in [3.63, 3.8) is 0 Å². The zero-order valence-electron chi connectivity index (χ0n) is 13.5. The predicted molar refractivity (Wildman–Crippen MR) is 82.3 cm³/mol. The first-order valence-electron chi connectivity index (χ1n) is 7.90. The SMILES string of the molecule is CC.CC.CC1CCC(c2cnccc2C(F)F)CC1. The van der Waals surface area contributed by atoms with Crippen LogP contribution in [0.1, 0.15) is 83.8 Å². The van der Waals surface area contributed by atoms with Gasteiger partial charge in [-0.2, -0.15) is 0 Å². The summed E-state index contributed by atoms with van der Waals surface area (Å²) in [7, 11) is 0. The monoisotopic (exact) mass is 285 g/mol. The van der Waals surface area contributed by atoms with E-state index in [0.717, 1.165) is 37.2 Å². The van der Waals surface area contributed by atoms with Gasteiger partial charge < -0.3 is 0 Å². The van der Waals surface area contributed by atoms with Crippen LogP contribution in [0.5, 0.6) is 0 Å². The average Bonchev–Trinajstić information content (AvgIpc) is 2.52. The number of alkyl halides is 2. The molecular weight excluding hydrogens is 256 g/mol. The van der Waals surface area contributed by atoms with Gasteiger partial charge in [0.25, 0.3) is 6.43 Å². The van der Waals surface area contributed by atoms with Crippen LogP contribution in [0.2, 0.25) is 0 Å². The summed E-state index contributed by atoms with van der Waals surface area (Å²) in [5.41, 5.74) is 0.943. The number of rotatable bonds is 2. The molecule has 1 aromatic rings. The third-order valence-corrected chi connectivity index (χ3v) is 3.58. The molecule has 1 aliphatic carbocycles. The molecule has 1 heterocycles. The minimum absolute atomic E-state index is 0.176. The maximum atomic E-state index is 12.8. The highest BCUT2D eigenvalue weighted by atomic mass is 19.3. The predicted octanol–water partition coefficient (Wildman–Crippen LogP) is 6.37. The van der Waals surface area contributed by atoms with Crippen molar-refractivity contribution in [2.24, 2.45) is 5.92 Å². The van der Waals surface area contributed by atoms with Crippen LogP contribution in [0.3, 0.4) is 0 Å². The zero-order valence-corrected chi connectivity index (χ0v) is 13.5. The molecule has 0 radical (unpaired) electrons. The van der Waals surface area contributed by atoms with Crippen molar-refractivity contribution >= 4 is 0 Å². The Kier molecular flexibility index (Phi) is 10.2. The van der Waals surface area contributed by atoms with E-state index in [1.54, 1.807) is 6.20 Å². The quantitative estimate of drug-likeness (QED) is 0.615. The van der Waals surface area contributed by atoms with Crippen molar-refractivity contribution in [2.75, 3.05) is 0 Å². The minimum atomic E-state index is -2.38. The Balaban J connectivity index is 0.000000829. The van der Waals surface area contributed by atoms with Crippen LogP contribution in [-0.4, -0.2) is 4.98 Å². The molecule has 1 fully saturated rings. The molecule has 0 unspecified atom stereocenters. The Morgan fingerprint density at radius 1 is 1.05 bits per heavy atom. The fourth-order valence-electron chi connectivity index (χ4n) is 2.53. The van der Waals surface area contributed by atoms with Crippen molar-refractivity contribution < 1.29 is 8.78 Å². The molecule has 116 valence electrons. The van der Waals surface area contributed by atoms with Crippen LogP contribution in [-0.2, 0) is 0 Å². The van der Waals surface area contributed by atoms with E-state index in [1.807, 2.05) is 27.7 Å². The first kappa shape index (κ1) is 19.0. The van der Waals surface area contributed by atoms with E-state index in [1.165, 1.54) is 12.3 Å². The summed E-state index contributed by atoms with van der Waals surface area (Å²) in [5, 5.41) is 0. The Hall–Kier alpha value is -0.990. The van der Waals surface area contributed by atoms with E-state index in [2.05, 4.69) is 11.9 Å². The van der Waals surface area contributed by atoms with Gasteiger partial charge in [0.15, 0.2) is 0 Å². The molecule has 1 nitrogen and oxygen atoms in total. The van der Waals surface area contributed by atoms with Crippen LogP contribution < -0.4 is 0 Å². The summed E-state index contributed by atoms with van der Waals surface area (Å²) in [6.07, 6.45) is 5.03. The summed E-state index contributed by atoms with van der Waals surface area (Å²) in [5.74, 6) is 1.02. The molecule has 1 saturated carbocycles. The number of aromatic nitrogens is 1. The van der Waals surface area contributed by atoms with Crippen LogP contribution >= 0.6 is 0 Å². The summed E-state index contributed by atoms with van der Waals surface area (Å²) < 4.78 is 25.7. The van der Waals surface area contributed by atoms with Gasteiger partial charge in [-0.1, -0.05) is 47.5 Å². The topological polar surface area (TPSA) is 12.9 Å². The number of hydrogen-bond acceptors (Lipinski definition) is 1. The second-order valence-corrected chi connectivity index (χ2v) is 4.76. The average molecular weight is 285 g/mol. The molecule has 0 spiro atoms. The van der Waals surface area contributed by atoms with Gasteiger partial charge in [0.2, 0.25) is 0 Å². The molecule has 1 aromatic heterocycles. The maximum absolute atomic E-state index is 12.8. The van der Waals surface area contributed by atoms with Gasteiger partial charge in [0.05, 0.1) is 0 Å². The van der Waals surface area contributed by atoms with Crippen molar-refractivity contribution in [2.45, 2.75) is 72.6 Å². The molecule has 3 heteroatoms. The summed E-state index contributed by atoms with van der Waals surface area (Å²) in [6, 6.07) is 1.46. The fraction of sp³-hybridized carbons (Fsp3) is 0.706. The molecule has 1 aliphatic rings. The number of pyridine rings is 1. The van der Waals surface area contributed by atoms with Gasteiger partial charge in [0, 0.05) is 18.0 Å². The van der Waals surface area contributed by atoms with E-state index in [4.69, 9.17) is 0 Å². The molecule has 2 rings (SSSR count). The Morgan fingerprint density at radius 3 is 2.10 bits per heavy atom. The highest BCUT2D eigenvalue weighted by Gasteiger charge is 2.24. The Bertz CT molecular complexity index is 345. The van der Waals surface area contributed by atoms with Gasteiger partial charge in [-0.15, -0.1) is 0 Å². The molecule has 20 heavy (non-hydrogen) atoms. The van der Waals surface area contributed by atoms with Crippen molar-refractivity contribution in [1.82, 2.24) is 4.98 Å². The maximum Gasteiger partial charge on any atom is 0.264 e. The van der Waals surface area contributed by atoms with Crippen molar-refractivity contribution in [3.05, 3.63) is 29.6 Å². The highest BCUT2D eigenvalue weighted by Crippen LogP contribution is 2.38. The van der Waals surface area contributed by atoms with Crippen LogP contribution in [0.25, 0.3) is 0 Å². The molecule has 0 atom stereocenters. The Morgan fingerprint density at radius 2 is 1.60 bits per heavy atom. The molecule has 0 amide bonds. The lowest BCUT2D eigenvalue weighted by atomic mass is 9.79. The van der Waals surface area contributed by atoms with Gasteiger partial charge in [-0.3, -0.25) is 4.98 Å². The van der Waals surface area contributed by atoms with E-state index >= 15 is 0 Å². The lowest BCUT2D eigenvalue weighted by molar-refractivity contribution is 0.148. The molecule has 0 bridgehead atoms. The van der Waals surface area contributed by atoms with Crippen LogP contribution in [0.15, 0.2) is 18.5 Å². The van der Waals surface area contributed by atoms with Crippen molar-refractivity contribution in [1.29, 1.82) is 0 Å². The van der Waals surface area contributed by atoms with E-state index in [9.17, 15) is 8.78 Å². The molecule has 0 N–H and O–H groups in total. The standard InChI is InChI=1S/C13H17F2N.2C2H6/c1-9-2-4-10(5-3-9)12-8-16-7-6-11(12)13(14)15;2*1-2/h6-10,13H,2-5H2,1H3;2*1-2H3. The number of hydrogen-bond donors (Lipinski definition) is 0. The van der Waals surface area contributed by atoms with Crippen LogP contribution in [0, 0.1) is 5.92 Å². The van der Waals surface area contributed by atoms with Crippen LogP contribution in [0.4, 0.5) is 8.78 Å². The zero-order chi connectivity index (χ0) is 15.5. The third-order valence-electron chi connectivity index (χ3n) is 3.58. The van der Waals surface area contributed by atoms with E-state index in [-0.39, 0.29) is 11.5 Å². The summed E-state index contributed by atoms with van der Waals surface area (Å²) in [6.45, 7) is 10.2. The highest BCUT2D eigenvalue weighted by molar-refractivity contribution is 5.28. The Labute approximate surface area is 122 Å².